The van der Waals surface area contributed by atoms with Crippen molar-refractivity contribution in [2.45, 2.75) is 13.1 Å². The molecule has 2 rings (SSSR count). The number of halogens is 5. The van der Waals surface area contributed by atoms with E-state index in [1.165, 1.54) is 6.07 Å². The van der Waals surface area contributed by atoms with Crippen LogP contribution in [0, 0.1) is 6.92 Å². The number of aromatic nitrogens is 2. The molecule has 0 aliphatic carbocycles. The smallest absolute Gasteiger partial charge is 0.368 e. The largest absolute Gasteiger partial charge is 0.433 e. The van der Waals surface area contributed by atoms with E-state index in [0.29, 0.717) is 15.7 Å². The summed E-state index contributed by atoms with van der Waals surface area (Å²) < 4.78 is 38.0. The van der Waals surface area contributed by atoms with E-state index in [4.69, 9.17) is 28.9 Å². The molecule has 1 heterocycles. The average molecular weight is 337 g/mol. The summed E-state index contributed by atoms with van der Waals surface area (Å²) in [7, 11) is 0. The number of aryl methyl sites for hydroxylation is 1. The minimum Gasteiger partial charge on any atom is -0.368 e. The summed E-state index contributed by atoms with van der Waals surface area (Å²) in [5, 5.41) is 3.36. The molecule has 0 aliphatic heterocycles. The average Bonchev–Trinajstić information content (AvgIpc) is 2.34. The van der Waals surface area contributed by atoms with Gasteiger partial charge >= 0.3 is 6.18 Å². The van der Waals surface area contributed by atoms with Gasteiger partial charge in [-0.1, -0.05) is 23.2 Å². The van der Waals surface area contributed by atoms with Gasteiger partial charge in [0.05, 0.1) is 10.7 Å². The van der Waals surface area contributed by atoms with Gasteiger partial charge in [-0.25, -0.2) is 4.98 Å². The number of benzene rings is 1. The Morgan fingerprint density at radius 3 is 2.38 bits per heavy atom. The third-order valence-electron chi connectivity index (χ3n) is 2.54. The number of nitrogens with one attached hydrogen (secondary N) is 1. The SMILES string of the molecule is Cc1cc(Cl)c(Nc2cc(C(F)(F)F)nc(N)n2)cc1Cl. The molecule has 1 aromatic carbocycles. The maximum absolute atomic E-state index is 12.7. The minimum atomic E-state index is -4.62. The second-order valence-electron chi connectivity index (χ2n) is 4.20. The lowest BCUT2D eigenvalue weighted by Gasteiger charge is -2.12. The summed E-state index contributed by atoms with van der Waals surface area (Å²) in [6, 6.07) is 3.81. The zero-order valence-corrected chi connectivity index (χ0v) is 12.1. The van der Waals surface area contributed by atoms with Gasteiger partial charge in [-0.05, 0) is 24.6 Å². The van der Waals surface area contributed by atoms with E-state index in [1.807, 2.05) is 0 Å². The van der Waals surface area contributed by atoms with Crippen LogP contribution in [-0.4, -0.2) is 9.97 Å². The van der Waals surface area contributed by atoms with Crippen molar-refractivity contribution in [2.75, 3.05) is 11.1 Å². The zero-order chi connectivity index (χ0) is 15.8. The van der Waals surface area contributed by atoms with Gasteiger partial charge in [0, 0.05) is 11.1 Å². The van der Waals surface area contributed by atoms with Gasteiger partial charge in [0.2, 0.25) is 5.95 Å². The number of nitrogens with zero attached hydrogens (tertiary/aromatic N) is 2. The highest BCUT2D eigenvalue weighted by Gasteiger charge is 2.33. The molecular formula is C12H9Cl2F3N4. The maximum atomic E-state index is 12.7. The first-order valence-corrected chi connectivity index (χ1v) is 6.37. The number of nitrogens with two attached hydrogens (primary N) is 1. The molecule has 0 spiro atoms. The Labute approximate surface area is 128 Å². The fraction of sp³-hybridized carbons (Fsp3) is 0.167. The van der Waals surface area contributed by atoms with Gasteiger partial charge in [0.25, 0.3) is 0 Å². The van der Waals surface area contributed by atoms with E-state index < -0.39 is 17.8 Å². The van der Waals surface area contributed by atoms with Crippen molar-refractivity contribution >= 4 is 40.7 Å². The second-order valence-corrected chi connectivity index (χ2v) is 5.02. The predicted octanol–water partition coefficient (Wildman–Crippen LogP) is 4.44. The molecule has 0 fully saturated rings. The van der Waals surface area contributed by atoms with Gasteiger partial charge in [-0.2, -0.15) is 18.2 Å². The van der Waals surface area contributed by atoms with Crippen LogP contribution in [0.1, 0.15) is 11.3 Å². The molecule has 0 amide bonds. The van der Waals surface area contributed by atoms with Crippen LogP contribution in [0.4, 0.5) is 30.6 Å². The van der Waals surface area contributed by atoms with Crippen molar-refractivity contribution in [3.63, 3.8) is 0 Å². The standard InChI is InChI=1S/C12H9Cl2F3N4/c1-5-2-7(14)8(3-6(5)13)19-10-4-9(12(15,16)17)20-11(18)21-10/h2-4H,1H3,(H3,18,19,20,21). The highest BCUT2D eigenvalue weighted by Crippen LogP contribution is 2.33. The Morgan fingerprint density at radius 2 is 1.76 bits per heavy atom. The molecule has 112 valence electrons. The molecule has 2 aromatic rings. The van der Waals surface area contributed by atoms with Gasteiger partial charge in [-0.15, -0.1) is 0 Å². The van der Waals surface area contributed by atoms with Crippen LogP contribution in [-0.2, 0) is 6.18 Å². The van der Waals surface area contributed by atoms with E-state index >= 15 is 0 Å². The molecule has 0 radical (unpaired) electrons. The van der Waals surface area contributed by atoms with Crippen molar-refractivity contribution in [3.05, 3.63) is 39.5 Å². The van der Waals surface area contributed by atoms with Crippen molar-refractivity contribution < 1.29 is 13.2 Å². The zero-order valence-electron chi connectivity index (χ0n) is 10.6. The number of hydrogen-bond acceptors (Lipinski definition) is 4. The molecule has 0 unspecified atom stereocenters. The number of alkyl halides is 3. The Kier molecular flexibility index (Phi) is 4.15. The van der Waals surface area contributed by atoms with E-state index in [2.05, 4.69) is 15.3 Å². The van der Waals surface area contributed by atoms with Crippen molar-refractivity contribution in [1.82, 2.24) is 9.97 Å². The first kappa shape index (κ1) is 15.7. The second kappa shape index (κ2) is 5.57. The summed E-state index contributed by atoms with van der Waals surface area (Å²) in [6.45, 7) is 1.75. The van der Waals surface area contributed by atoms with Gasteiger partial charge in [-0.3, -0.25) is 0 Å². The summed E-state index contributed by atoms with van der Waals surface area (Å²) >= 11 is 12.0. The monoisotopic (exact) mass is 336 g/mol. The lowest BCUT2D eigenvalue weighted by molar-refractivity contribution is -0.141. The van der Waals surface area contributed by atoms with Crippen LogP contribution in [0.2, 0.25) is 10.0 Å². The molecule has 3 N–H and O–H groups in total. The molecule has 0 atom stereocenters. The molecule has 1 aromatic heterocycles. The lowest BCUT2D eigenvalue weighted by Crippen LogP contribution is -2.12. The summed E-state index contributed by atoms with van der Waals surface area (Å²) in [5.41, 5.74) is 5.19. The van der Waals surface area contributed by atoms with E-state index in [9.17, 15) is 13.2 Å². The van der Waals surface area contributed by atoms with Gasteiger partial charge in [0.1, 0.15) is 5.82 Å². The highest BCUT2D eigenvalue weighted by molar-refractivity contribution is 6.35. The first-order chi connectivity index (χ1) is 9.66. The van der Waals surface area contributed by atoms with Crippen LogP contribution in [0.5, 0.6) is 0 Å². The van der Waals surface area contributed by atoms with Crippen molar-refractivity contribution in [2.24, 2.45) is 0 Å². The molecule has 0 bridgehead atoms. The topological polar surface area (TPSA) is 63.8 Å². The molecule has 0 aliphatic rings. The Bertz CT molecular complexity index is 689. The van der Waals surface area contributed by atoms with Crippen molar-refractivity contribution in [1.29, 1.82) is 0 Å². The Balaban J connectivity index is 2.40. The number of anilines is 3. The predicted molar refractivity (Wildman–Crippen MR) is 75.9 cm³/mol. The molecule has 0 saturated heterocycles. The third kappa shape index (κ3) is 3.68. The number of rotatable bonds is 2. The first-order valence-electron chi connectivity index (χ1n) is 5.61. The van der Waals surface area contributed by atoms with Crippen LogP contribution in [0.3, 0.4) is 0 Å². The number of nitrogen functional groups attached to an aromatic ring is 1. The van der Waals surface area contributed by atoms with Crippen molar-refractivity contribution in [3.8, 4) is 0 Å². The minimum absolute atomic E-state index is 0.128. The fourth-order valence-electron chi connectivity index (χ4n) is 1.56. The van der Waals surface area contributed by atoms with Crippen LogP contribution >= 0.6 is 23.2 Å². The summed E-state index contributed by atoms with van der Waals surface area (Å²) in [5.74, 6) is -0.627. The van der Waals surface area contributed by atoms with Gasteiger partial charge in [0.15, 0.2) is 5.69 Å². The highest BCUT2D eigenvalue weighted by atomic mass is 35.5. The molecule has 0 saturated carbocycles. The Hall–Kier alpha value is -1.73. The quantitative estimate of drug-likeness (QED) is 0.851. The molecule has 4 nitrogen and oxygen atoms in total. The van der Waals surface area contributed by atoms with E-state index in [1.54, 1.807) is 13.0 Å². The molecular weight excluding hydrogens is 328 g/mol. The molecule has 21 heavy (non-hydrogen) atoms. The summed E-state index contributed by atoms with van der Waals surface area (Å²) in [6.07, 6.45) is -4.62. The maximum Gasteiger partial charge on any atom is 0.433 e. The van der Waals surface area contributed by atoms with Crippen LogP contribution < -0.4 is 11.1 Å². The van der Waals surface area contributed by atoms with E-state index in [0.717, 1.165) is 11.6 Å². The third-order valence-corrected chi connectivity index (χ3v) is 3.26. The number of hydrogen-bond donors (Lipinski definition) is 2. The molecule has 9 heteroatoms. The van der Waals surface area contributed by atoms with Gasteiger partial charge < -0.3 is 11.1 Å². The van der Waals surface area contributed by atoms with Crippen LogP contribution in [0.25, 0.3) is 0 Å². The lowest BCUT2D eigenvalue weighted by atomic mass is 10.2. The Morgan fingerprint density at radius 1 is 1.10 bits per heavy atom. The summed E-state index contributed by atoms with van der Waals surface area (Å²) in [4.78, 5) is 6.83. The normalized spacial score (nSPS) is 11.5. The van der Waals surface area contributed by atoms with E-state index in [-0.39, 0.29) is 5.82 Å². The fourth-order valence-corrected chi connectivity index (χ4v) is 1.98. The van der Waals surface area contributed by atoms with Crippen LogP contribution in [0.15, 0.2) is 18.2 Å².